The number of nitrogens with one attached hydrogen (secondary N) is 2. The van der Waals surface area contributed by atoms with Crippen molar-refractivity contribution < 1.29 is 4.79 Å². The summed E-state index contributed by atoms with van der Waals surface area (Å²) in [7, 11) is 3.48. The summed E-state index contributed by atoms with van der Waals surface area (Å²) in [5.74, 6) is 1.52. The molecule has 1 aliphatic heterocycles. The quantitative estimate of drug-likeness (QED) is 0.822. The molecule has 98 valence electrons. The monoisotopic (exact) mass is 249 g/mol. The number of hydrogen-bond donors (Lipinski definition) is 2. The highest BCUT2D eigenvalue weighted by Crippen LogP contribution is 2.23. The van der Waals surface area contributed by atoms with Crippen molar-refractivity contribution in [2.24, 2.45) is 0 Å². The lowest BCUT2D eigenvalue weighted by atomic mass is 10.0. The molecular weight excluding hydrogens is 230 g/mol. The summed E-state index contributed by atoms with van der Waals surface area (Å²) in [6, 6.07) is -0.134. The largest absolute Gasteiger partial charge is 0.372 e. The van der Waals surface area contributed by atoms with Gasteiger partial charge in [-0.3, -0.25) is 9.78 Å². The molecule has 2 heterocycles. The number of anilines is 2. The fourth-order valence-electron chi connectivity index (χ4n) is 2.26. The highest BCUT2D eigenvalue weighted by atomic mass is 16.2. The first-order valence-electron chi connectivity index (χ1n) is 6.24. The first-order chi connectivity index (χ1) is 8.76. The minimum Gasteiger partial charge on any atom is -0.372 e. The standard InChI is InChI=1S/C12H19N5O/c1-13-10-7-15-8-11(16-10)17-6-4-3-5-9(17)12(18)14-2/h7-9H,3-6H2,1-2H3,(H,13,16)(H,14,18). The summed E-state index contributed by atoms with van der Waals surface area (Å²) < 4.78 is 0. The Bertz CT molecular complexity index is 423. The van der Waals surface area contributed by atoms with Crippen LogP contribution in [0.3, 0.4) is 0 Å². The summed E-state index contributed by atoms with van der Waals surface area (Å²) in [4.78, 5) is 22.5. The molecule has 2 rings (SSSR count). The molecule has 0 saturated carbocycles. The topological polar surface area (TPSA) is 70.2 Å². The predicted octanol–water partition coefficient (Wildman–Crippen LogP) is 0.623. The Hall–Kier alpha value is -1.85. The maximum atomic E-state index is 11.9. The number of rotatable bonds is 3. The minimum atomic E-state index is -0.134. The van der Waals surface area contributed by atoms with Crippen molar-refractivity contribution in [2.75, 3.05) is 30.9 Å². The molecule has 1 aliphatic rings. The SMILES string of the molecule is CNC(=O)C1CCCCN1c1cncc(NC)n1. The first-order valence-corrected chi connectivity index (χ1v) is 6.24. The smallest absolute Gasteiger partial charge is 0.242 e. The zero-order chi connectivity index (χ0) is 13.0. The van der Waals surface area contributed by atoms with E-state index in [9.17, 15) is 4.79 Å². The fraction of sp³-hybridized carbons (Fsp3) is 0.583. The number of carbonyl (C=O) groups is 1. The van der Waals surface area contributed by atoms with Crippen LogP contribution in [0.25, 0.3) is 0 Å². The molecule has 1 unspecified atom stereocenters. The van der Waals surface area contributed by atoms with Crippen LogP contribution in [0.4, 0.5) is 11.6 Å². The molecule has 6 heteroatoms. The number of piperidine rings is 1. The Morgan fingerprint density at radius 3 is 2.94 bits per heavy atom. The van der Waals surface area contributed by atoms with Gasteiger partial charge in [-0.05, 0) is 19.3 Å². The van der Waals surface area contributed by atoms with Crippen molar-refractivity contribution in [3.8, 4) is 0 Å². The van der Waals surface area contributed by atoms with Crippen molar-refractivity contribution >= 4 is 17.5 Å². The highest BCUT2D eigenvalue weighted by molar-refractivity contribution is 5.84. The third-order valence-electron chi connectivity index (χ3n) is 3.22. The second kappa shape index (κ2) is 5.66. The van der Waals surface area contributed by atoms with E-state index in [1.165, 1.54) is 0 Å². The molecule has 18 heavy (non-hydrogen) atoms. The van der Waals surface area contributed by atoms with E-state index >= 15 is 0 Å². The summed E-state index contributed by atoms with van der Waals surface area (Å²) in [6.45, 7) is 0.847. The van der Waals surface area contributed by atoms with E-state index in [0.29, 0.717) is 5.82 Å². The lowest BCUT2D eigenvalue weighted by Crippen LogP contribution is -2.49. The van der Waals surface area contributed by atoms with E-state index in [4.69, 9.17) is 0 Å². The van der Waals surface area contributed by atoms with Gasteiger partial charge in [0.15, 0.2) is 0 Å². The normalized spacial score (nSPS) is 19.4. The second-order valence-electron chi connectivity index (χ2n) is 4.33. The number of amides is 1. The Morgan fingerprint density at radius 1 is 1.39 bits per heavy atom. The zero-order valence-corrected chi connectivity index (χ0v) is 10.8. The van der Waals surface area contributed by atoms with E-state index in [1.54, 1.807) is 26.5 Å². The minimum absolute atomic E-state index is 0.0476. The third-order valence-corrected chi connectivity index (χ3v) is 3.22. The maximum absolute atomic E-state index is 11.9. The Balaban J connectivity index is 2.24. The van der Waals surface area contributed by atoms with Crippen LogP contribution < -0.4 is 15.5 Å². The average molecular weight is 249 g/mol. The fourth-order valence-corrected chi connectivity index (χ4v) is 2.26. The van der Waals surface area contributed by atoms with Gasteiger partial charge in [-0.2, -0.15) is 0 Å². The highest BCUT2D eigenvalue weighted by Gasteiger charge is 2.29. The van der Waals surface area contributed by atoms with Crippen molar-refractivity contribution in [3.63, 3.8) is 0 Å². The molecule has 1 amide bonds. The summed E-state index contributed by atoms with van der Waals surface area (Å²) in [6.07, 6.45) is 6.41. The molecule has 0 aromatic carbocycles. The van der Waals surface area contributed by atoms with Crippen LogP contribution >= 0.6 is 0 Å². The number of aromatic nitrogens is 2. The molecule has 1 saturated heterocycles. The second-order valence-corrected chi connectivity index (χ2v) is 4.33. The van der Waals surface area contributed by atoms with Gasteiger partial charge in [0.25, 0.3) is 0 Å². The van der Waals surface area contributed by atoms with Crippen LogP contribution in [0.5, 0.6) is 0 Å². The number of likely N-dealkylation sites (N-methyl/N-ethyl adjacent to an activating group) is 1. The Morgan fingerprint density at radius 2 is 2.22 bits per heavy atom. The molecule has 6 nitrogen and oxygen atoms in total. The van der Waals surface area contributed by atoms with Crippen molar-refractivity contribution in [1.82, 2.24) is 15.3 Å². The summed E-state index contributed by atoms with van der Waals surface area (Å²) in [5, 5.41) is 5.68. The molecule has 0 aliphatic carbocycles. The van der Waals surface area contributed by atoms with Crippen LogP contribution in [-0.2, 0) is 4.79 Å². The molecule has 1 aromatic heterocycles. The van der Waals surface area contributed by atoms with Crippen LogP contribution in [0.15, 0.2) is 12.4 Å². The first kappa shape index (κ1) is 12.6. The molecule has 2 N–H and O–H groups in total. The number of hydrogen-bond acceptors (Lipinski definition) is 5. The molecule has 0 radical (unpaired) electrons. The van der Waals surface area contributed by atoms with Crippen molar-refractivity contribution in [2.45, 2.75) is 25.3 Å². The lowest BCUT2D eigenvalue weighted by Gasteiger charge is -2.35. The van der Waals surface area contributed by atoms with Crippen LogP contribution in [0.1, 0.15) is 19.3 Å². The Kier molecular flexibility index (Phi) is 3.96. The van der Waals surface area contributed by atoms with E-state index in [1.807, 2.05) is 4.90 Å². The van der Waals surface area contributed by atoms with E-state index in [-0.39, 0.29) is 11.9 Å². The van der Waals surface area contributed by atoms with Gasteiger partial charge in [0.1, 0.15) is 17.7 Å². The van der Waals surface area contributed by atoms with Gasteiger partial charge in [-0.15, -0.1) is 0 Å². The van der Waals surface area contributed by atoms with Crippen molar-refractivity contribution in [1.29, 1.82) is 0 Å². The van der Waals surface area contributed by atoms with Gasteiger partial charge < -0.3 is 15.5 Å². The third kappa shape index (κ3) is 2.52. The average Bonchev–Trinajstić information content (AvgIpc) is 2.46. The molecule has 1 fully saturated rings. The van der Waals surface area contributed by atoms with E-state index < -0.39 is 0 Å². The number of nitrogens with zero attached hydrogens (tertiary/aromatic N) is 3. The maximum Gasteiger partial charge on any atom is 0.242 e. The van der Waals surface area contributed by atoms with Crippen LogP contribution in [-0.4, -0.2) is 42.6 Å². The molecule has 0 bridgehead atoms. The van der Waals surface area contributed by atoms with Crippen LogP contribution in [0, 0.1) is 0 Å². The molecule has 0 spiro atoms. The van der Waals surface area contributed by atoms with Gasteiger partial charge in [-0.25, -0.2) is 4.98 Å². The van der Waals surface area contributed by atoms with Gasteiger partial charge in [0.05, 0.1) is 12.4 Å². The summed E-state index contributed by atoms with van der Waals surface area (Å²) >= 11 is 0. The predicted molar refractivity (Wildman–Crippen MR) is 70.6 cm³/mol. The Labute approximate surface area is 107 Å². The van der Waals surface area contributed by atoms with Crippen LogP contribution in [0.2, 0.25) is 0 Å². The molecule has 1 aromatic rings. The van der Waals surface area contributed by atoms with Gasteiger partial charge in [0.2, 0.25) is 5.91 Å². The zero-order valence-electron chi connectivity index (χ0n) is 10.8. The number of carbonyl (C=O) groups excluding carboxylic acids is 1. The molecular formula is C12H19N5O. The van der Waals surface area contributed by atoms with Gasteiger partial charge in [0, 0.05) is 20.6 Å². The molecule has 1 atom stereocenters. The van der Waals surface area contributed by atoms with Crippen molar-refractivity contribution in [3.05, 3.63) is 12.4 Å². The van der Waals surface area contributed by atoms with Gasteiger partial charge >= 0.3 is 0 Å². The lowest BCUT2D eigenvalue weighted by molar-refractivity contribution is -0.122. The van der Waals surface area contributed by atoms with E-state index in [0.717, 1.165) is 31.6 Å². The van der Waals surface area contributed by atoms with E-state index in [2.05, 4.69) is 20.6 Å². The van der Waals surface area contributed by atoms with Gasteiger partial charge in [-0.1, -0.05) is 0 Å². The summed E-state index contributed by atoms with van der Waals surface area (Å²) in [5.41, 5.74) is 0.